The van der Waals surface area contributed by atoms with Crippen LogP contribution in [0, 0.1) is 0 Å². The standard InChI is InChI=1S/C24H20N2O3/c1-16(11-24(27)26-18-9-6-10-25-14-18)19-12-20-21(17-7-4-3-5-8-17)15-29-23(20)13-22(19)28-2/h3-15H,1-2H3,(H,26,27)/b16-11+. The number of nitrogens with one attached hydrogen (secondary N) is 1. The highest BCUT2D eigenvalue weighted by molar-refractivity contribution is 6.05. The van der Waals surface area contributed by atoms with Crippen LogP contribution < -0.4 is 10.1 Å². The first-order chi connectivity index (χ1) is 14.2. The molecule has 0 unspecified atom stereocenters. The summed E-state index contributed by atoms with van der Waals surface area (Å²) in [5.41, 5.74) is 5.06. The zero-order chi connectivity index (χ0) is 20.2. The summed E-state index contributed by atoms with van der Waals surface area (Å²) >= 11 is 0. The van der Waals surface area contributed by atoms with E-state index < -0.39 is 0 Å². The third kappa shape index (κ3) is 3.89. The van der Waals surface area contributed by atoms with Crippen LogP contribution >= 0.6 is 0 Å². The number of anilines is 1. The number of carbonyl (C=O) groups is 1. The quantitative estimate of drug-likeness (QED) is 0.459. The molecule has 29 heavy (non-hydrogen) atoms. The van der Waals surface area contributed by atoms with Gasteiger partial charge in [0.05, 0.1) is 25.3 Å². The Morgan fingerprint density at radius 3 is 2.69 bits per heavy atom. The molecule has 144 valence electrons. The van der Waals surface area contributed by atoms with Crippen molar-refractivity contribution < 1.29 is 13.9 Å². The summed E-state index contributed by atoms with van der Waals surface area (Å²) < 4.78 is 11.3. The van der Waals surface area contributed by atoms with Gasteiger partial charge in [0.25, 0.3) is 0 Å². The lowest BCUT2D eigenvalue weighted by Gasteiger charge is -2.10. The number of pyridine rings is 1. The Morgan fingerprint density at radius 1 is 1.14 bits per heavy atom. The van der Waals surface area contributed by atoms with Crippen molar-refractivity contribution in [3.63, 3.8) is 0 Å². The molecule has 1 N–H and O–H groups in total. The lowest BCUT2D eigenvalue weighted by atomic mass is 9.99. The van der Waals surface area contributed by atoms with Crippen molar-refractivity contribution in [2.45, 2.75) is 6.92 Å². The number of aromatic nitrogens is 1. The van der Waals surface area contributed by atoms with Crippen LogP contribution in [0.15, 0.2) is 83.7 Å². The molecule has 1 amide bonds. The topological polar surface area (TPSA) is 64.4 Å². The smallest absolute Gasteiger partial charge is 0.248 e. The molecule has 2 heterocycles. The second-order valence-electron chi connectivity index (χ2n) is 6.62. The SMILES string of the molecule is COc1cc2occ(-c3ccccc3)c2cc1/C(C)=C/C(=O)Nc1cccnc1. The predicted molar refractivity (Wildman–Crippen MR) is 115 cm³/mol. The maximum Gasteiger partial charge on any atom is 0.248 e. The molecule has 2 aromatic heterocycles. The molecule has 0 saturated carbocycles. The number of rotatable bonds is 5. The van der Waals surface area contributed by atoms with Gasteiger partial charge in [-0.3, -0.25) is 9.78 Å². The number of fused-ring (bicyclic) bond motifs is 1. The fraction of sp³-hybridized carbons (Fsp3) is 0.0833. The van der Waals surface area contributed by atoms with Crippen molar-refractivity contribution in [2.24, 2.45) is 0 Å². The number of nitrogens with zero attached hydrogens (tertiary/aromatic N) is 1. The zero-order valence-corrected chi connectivity index (χ0v) is 16.2. The van der Waals surface area contributed by atoms with Crippen LogP contribution in [0.5, 0.6) is 5.75 Å². The van der Waals surface area contributed by atoms with Gasteiger partial charge in [0.1, 0.15) is 11.3 Å². The number of amides is 1. The summed E-state index contributed by atoms with van der Waals surface area (Å²) in [5, 5.41) is 3.78. The number of methoxy groups -OCH3 is 1. The number of furan rings is 1. The minimum absolute atomic E-state index is 0.229. The average molecular weight is 384 g/mol. The molecule has 0 atom stereocenters. The third-order valence-corrected chi connectivity index (χ3v) is 4.68. The number of allylic oxidation sites excluding steroid dienone is 1. The first-order valence-electron chi connectivity index (χ1n) is 9.20. The Hall–Kier alpha value is -3.86. The van der Waals surface area contributed by atoms with E-state index in [1.807, 2.05) is 49.4 Å². The van der Waals surface area contributed by atoms with Crippen molar-refractivity contribution in [2.75, 3.05) is 12.4 Å². The molecular formula is C24H20N2O3. The molecule has 0 aliphatic rings. The van der Waals surface area contributed by atoms with Gasteiger partial charge in [-0.25, -0.2) is 0 Å². The zero-order valence-electron chi connectivity index (χ0n) is 16.2. The highest BCUT2D eigenvalue weighted by atomic mass is 16.5. The lowest BCUT2D eigenvalue weighted by Crippen LogP contribution is -2.08. The van der Waals surface area contributed by atoms with E-state index in [1.165, 1.54) is 0 Å². The van der Waals surface area contributed by atoms with Crippen molar-refractivity contribution in [3.8, 4) is 16.9 Å². The molecular weight excluding hydrogens is 364 g/mol. The Labute approximate surface area is 168 Å². The highest BCUT2D eigenvalue weighted by Crippen LogP contribution is 2.37. The monoisotopic (exact) mass is 384 g/mol. The lowest BCUT2D eigenvalue weighted by molar-refractivity contribution is -0.111. The summed E-state index contributed by atoms with van der Waals surface area (Å²) in [6.07, 6.45) is 6.56. The number of hydrogen-bond acceptors (Lipinski definition) is 4. The van der Waals surface area contributed by atoms with Gasteiger partial charge in [-0.2, -0.15) is 0 Å². The van der Waals surface area contributed by atoms with Gasteiger partial charge in [-0.1, -0.05) is 30.3 Å². The molecule has 0 fully saturated rings. The minimum Gasteiger partial charge on any atom is -0.496 e. The molecule has 5 nitrogen and oxygen atoms in total. The van der Waals surface area contributed by atoms with E-state index >= 15 is 0 Å². The Bertz CT molecular complexity index is 1180. The fourth-order valence-electron chi connectivity index (χ4n) is 3.26. The van der Waals surface area contributed by atoms with Crippen LogP contribution in [0.3, 0.4) is 0 Å². The first-order valence-corrected chi connectivity index (χ1v) is 9.20. The maximum atomic E-state index is 12.4. The van der Waals surface area contributed by atoms with Crippen LogP contribution in [0.25, 0.3) is 27.7 Å². The Morgan fingerprint density at radius 2 is 1.97 bits per heavy atom. The highest BCUT2D eigenvalue weighted by Gasteiger charge is 2.15. The maximum absolute atomic E-state index is 12.4. The molecule has 4 rings (SSSR count). The molecule has 0 radical (unpaired) electrons. The molecule has 0 bridgehead atoms. The van der Waals surface area contributed by atoms with Gasteiger partial charge in [0, 0.05) is 34.9 Å². The van der Waals surface area contributed by atoms with Crippen LogP contribution in [0.1, 0.15) is 12.5 Å². The average Bonchev–Trinajstić information content (AvgIpc) is 3.17. The number of hydrogen-bond donors (Lipinski definition) is 1. The Balaban J connectivity index is 1.72. The van der Waals surface area contributed by atoms with Crippen molar-refractivity contribution in [1.29, 1.82) is 0 Å². The molecule has 0 saturated heterocycles. The van der Waals surface area contributed by atoms with Crippen LogP contribution in [0.4, 0.5) is 5.69 Å². The summed E-state index contributed by atoms with van der Waals surface area (Å²) in [7, 11) is 1.61. The third-order valence-electron chi connectivity index (χ3n) is 4.68. The molecule has 0 aliphatic carbocycles. The first kappa shape index (κ1) is 18.5. The predicted octanol–water partition coefficient (Wildman–Crippen LogP) is 5.55. The summed E-state index contributed by atoms with van der Waals surface area (Å²) in [5.74, 6) is 0.419. The van der Waals surface area contributed by atoms with E-state index in [9.17, 15) is 4.79 Å². The fourth-order valence-corrected chi connectivity index (χ4v) is 3.26. The van der Waals surface area contributed by atoms with Crippen LogP contribution in [-0.2, 0) is 4.79 Å². The number of benzene rings is 2. The van der Waals surface area contributed by atoms with Crippen molar-refractivity contribution >= 4 is 28.1 Å². The van der Waals surface area contributed by atoms with E-state index in [-0.39, 0.29) is 5.91 Å². The normalized spacial score (nSPS) is 11.4. The van der Waals surface area contributed by atoms with Crippen LogP contribution in [-0.4, -0.2) is 18.0 Å². The second kappa shape index (κ2) is 8.02. The van der Waals surface area contributed by atoms with Gasteiger partial charge in [0.2, 0.25) is 5.91 Å². The van der Waals surface area contributed by atoms with Crippen molar-refractivity contribution in [1.82, 2.24) is 4.98 Å². The molecule has 0 spiro atoms. The van der Waals surface area contributed by atoms with Gasteiger partial charge in [-0.05, 0) is 36.3 Å². The van der Waals surface area contributed by atoms with E-state index in [0.717, 1.165) is 33.2 Å². The molecule has 4 aromatic rings. The molecule has 2 aromatic carbocycles. The van der Waals surface area contributed by atoms with Gasteiger partial charge >= 0.3 is 0 Å². The number of ether oxygens (including phenoxy) is 1. The Kier molecular flexibility index (Phi) is 5.12. The van der Waals surface area contributed by atoms with Crippen LogP contribution in [0.2, 0.25) is 0 Å². The summed E-state index contributed by atoms with van der Waals surface area (Å²) in [6.45, 7) is 1.88. The van der Waals surface area contributed by atoms with E-state index in [2.05, 4.69) is 10.3 Å². The second-order valence-corrected chi connectivity index (χ2v) is 6.62. The molecule has 5 heteroatoms. The van der Waals surface area contributed by atoms with E-state index in [4.69, 9.17) is 9.15 Å². The van der Waals surface area contributed by atoms with Gasteiger partial charge < -0.3 is 14.5 Å². The molecule has 0 aliphatic heterocycles. The minimum atomic E-state index is -0.229. The van der Waals surface area contributed by atoms with Crippen molar-refractivity contribution in [3.05, 3.63) is 84.9 Å². The van der Waals surface area contributed by atoms with Gasteiger partial charge in [-0.15, -0.1) is 0 Å². The number of carbonyl (C=O) groups excluding carboxylic acids is 1. The van der Waals surface area contributed by atoms with Gasteiger partial charge in [0.15, 0.2) is 0 Å². The van der Waals surface area contributed by atoms with E-state index in [0.29, 0.717) is 11.4 Å². The largest absolute Gasteiger partial charge is 0.496 e. The summed E-state index contributed by atoms with van der Waals surface area (Å²) in [4.78, 5) is 16.4. The van der Waals surface area contributed by atoms with E-state index in [1.54, 1.807) is 44.0 Å². The summed E-state index contributed by atoms with van der Waals surface area (Å²) in [6, 6.07) is 17.5.